The van der Waals surface area contributed by atoms with Crippen molar-refractivity contribution in [3.05, 3.63) is 46.1 Å². The van der Waals surface area contributed by atoms with E-state index < -0.39 is 5.97 Å². The molecule has 0 aliphatic carbocycles. The number of carboxylic acid groups (broad SMARTS) is 1. The molecule has 6 heteroatoms. The Labute approximate surface area is 127 Å². The van der Waals surface area contributed by atoms with Gasteiger partial charge >= 0.3 is 5.97 Å². The number of aryl methyl sites for hydroxylation is 2. The summed E-state index contributed by atoms with van der Waals surface area (Å²) in [4.78, 5) is 15.2. The number of aromatic nitrogens is 1. The summed E-state index contributed by atoms with van der Waals surface area (Å²) < 4.78 is 5.28. The maximum atomic E-state index is 11.0. The molecular formula is C15H15ClN2O3. The van der Waals surface area contributed by atoms with Gasteiger partial charge in [-0.25, -0.2) is 9.78 Å². The van der Waals surface area contributed by atoms with E-state index in [-0.39, 0.29) is 5.56 Å². The average Bonchev–Trinajstić information content (AvgIpc) is 2.42. The summed E-state index contributed by atoms with van der Waals surface area (Å²) >= 11 is 6.06. The van der Waals surface area contributed by atoms with Crippen LogP contribution in [0.5, 0.6) is 5.75 Å². The molecule has 0 atom stereocenters. The van der Waals surface area contributed by atoms with Gasteiger partial charge in [0.25, 0.3) is 0 Å². The lowest BCUT2D eigenvalue weighted by Crippen LogP contribution is -2.04. The average molecular weight is 307 g/mol. The van der Waals surface area contributed by atoms with Crippen LogP contribution in [0.4, 0.5) is 11.5 Å². The van der Waals surface area contributed by atoms with Crippen molar-refractivity contribution in [1.82, 2.24) is 4.98 Å². The van der Waals surface area contributed by atoms with Crippen LogP contribution >= 0.6 is 11.6 Å². The lowest BCUT2D eigenvalue weighted by atomic mass is 10.2. The van der Waals surface area contributed by atoms with E-state index in [2.05, 4.69) is 10.3 Å². The Morgan fingerprint density at radius 2 is 2.05 bits per heavy atom. The smallest absolute Gasteiger partial charge is 0.337 e. The fourth-order valence-electron chi connectivity index (χ4n) is 1.92. The number of rotatable bonds is 4. The molecule has 5 nitrogen and oxygen atoms in total. The van der Waals surface area contributed by atoms with Crippen LogP contribution in [0.1, 0.15) is 21.6 Å². The van der Waals surface area contributed by atoms with Crippen molar-refractivity contribution < 1.29 is 14.6 Å². The van der Waals surface area contributed by atoms with E-state index in [0.29, 0.717) is 22.3 Å². The molecule has 110 valence electrons. The van der Waals surface area contributed by atoms with Crippen molar-refractivity contribution in [3.8, 4) is 5.75 Å². The molecule has 0 bridgehead atoms. The summed E-state index contributed by atoms with van der Waals surface area (Å²) in [6, 6.07) is 6.70. The van der Waals surface area contributed by atoms with Crippen molar-refractivity contribution in [2.45, 2.75) is 13.8 Å². The largest absolute Gasteiger partial charge is 0.495 e. The molecule has 2 aromatic rings. The molecule has 0 aliphatic rings. The van der Waals surface area contributed by atoms with Gasteiger partial charge in [0.15, 0.2) is 0 Å². The highest BCUT2D eigenvalue weighted by atomic mass is 35.5. The van der Waals surface area contributed by atoms with Crippen molar-refractivity contribution in [3.63, 3.8) is 0 Å². The summed E-state index contributed by atoms with van der Waals surface area (Å²) in [6.07, 6.45) is 0. The number of ether oxygens (including phenoxy) is 1. The molecule has 2 rings (SSSR count). The first kappa shape index (κ1) is 15.1. The van der Waals surface area contributed by atoms with Crippen LogP contribution in [0.15, 0.2) is 24.3 Å². The number of anilines is 2. The molecule has 1 heterocycles. The van der Waals surface area contributed by atoms with Crippen molar-refractivity contribution in [2.75, 3.05) is 12.4 Å². The third-order valence-electron chi connectivity index (χ3n) is 3.06. The van der Waals surface area contributed by atoms with Gasteiger partial charge in [-0.2, -0.15) is 0 Å². The number of methoxy groups -OCH3 is 1. The number of hydrogen-bond acceptors (Lipinski definition) is 4. The van der Waals surface area contributed by atoms with E-state index in [9.17, 15) is 4.79 Å². The van der Waals surface area contributed by atoms with Crippen LogP contribution in [0.2, 0.25) is 5.02 Å². The Hall–Kier alpha value is -2.27. The lowest BCUT2D eigenvalue weighted by molar-refractivity contribution is 0.0695. The van der Waals surface area contributed by atoms with Crippen LogP contribution in [0.3, 0.4) is 0 Å². The van der Waals surface area contributed by atoms with Gasteiger partial charge in [-0.15, -0.1) is 0 Å². The number of aromatic carboxylic acids is 1. The minimum absolute atomic E-state index is 0.180. The SMILES string of the molecule is COc1cc(Cl)c(C)cc1Nc1ccc(C(=O)O)c(C)n1. The number of nitrogens with one attached hydrogen (secondary N) is 1. The summed E-state index contributed by atoms with van der Waals surface area (Å²) in [5.74, 6) is 0.136. The summed E-state index contributed by atoms with van der Waals surface area (Å²) in [7, 11) is 1.55. The van der Waals surface area contributed by atoms with Crippen LogP contribution in [-0.4, -0.2) is 23.2 Å². The molecule has 21 heavy (non-hydrogen) atoms. The van der Waals surface area contributed by atoms with E-state index >= 15 is 0 Å². The molecule has 0 radical (unpaired) electrons. The quantitative estimate of drug-likeness (QED) is 0.899. The fourth-order valence-corrected chi connectivity index (χ4v) is 2.08. The van der Waals surface area contributed by atoms with E-state index in [0.717, 1.165) is 11.3 Å². The first-order chi connectivity index (χ1) is 9.92. The zero-order valence-corrected chi connectivity index (χ0v) is 12.7. The van der Waals surface area contributed by atoms with Gasteiger partial charge in [-0.05, 0) is 37.6 Å². The molecule has 1 aromatic carbocycles. The normalized spacial score (nSPS) is 10.3. The Morgan fingerprint density at radius 3 is 2.62 bits per heavy atom. The maximum absolute atomic E-state index is 11.0. The summed E-state index contributed by atoms with van der Waals surface area (Å²) in [6.45, 7) is 3.54. The predicted octanol–water partition coefficient (Wildman–Crippen LogP) is 3.80. The standard InChI is InChI=1S/C15H15ClN2O3/c1-8-6-12(13(21-3)7-11(8)16)18-14-5-4-10(15(19)20)9(2)17-14/h4-7H,1-3H3,(H,17,18)(H,19,20). The summed E-state index contributed by atoms with van der Waals surface area (Å²) in [5, 5.41) is 12.7. The number of benzene rings is 1. The second-order valence-corrected chi connectivity index (χ2v) is 4.97. The molecule has 0 spiro atoms. The minimum atomic E-state index is -0.994. The Balaban J connectivity index is 2.36. The zero-order chi connectivity index (χ0) is 15.6. The number of carboxylic acids is 1. The second-order valence-electron chi connectivity index (χ2n) is 4.56. The highest BCUT2D eigenvalue weighted by Crippen LogP contribution is 2.32. The molecule has 2 N–H and O–H groups in total. The molecular weight excluding hydrogens is 292 g/mol. The van der Waals surface area contributed by atoms with Gasteiger partial charge in [0.2, 0.25) is 0 Å². The first-order valence-electron chi connectivity index (χ1n) is 6.24. The topological polar surface area (TPSA) is 71.5 Å². The molecule has 0 aliphatic heterocycles. The van der Waals surface area contributed by atoms with Crippen LogP contribution in [0.25, 0.3) is 0 Å². The zero-order valence-electron chi connectivity index (χ0n) is 11.9. The minimum Gasteiger partial charge on any atom is -0.495 e. The van der Waals surface area contributed by atoms with Crippen molar-refractivity contribution in [1.29, 1.82) is 0 Å². The Kier molecular flexibility index (Phi) is 4.33. The number of nitrogens with zero attached hydrogens (tertiary/aromatic N) is 1. The highest BCUT2D eigenvalue weighted by molar-refractivity contribution is 6.31. The van der Waals surface area contributed by atoms with Crippen molar-refractivity contribution in [2.24, 2.45) is 0 Å². The first-order valence-corrected chi connectivity index (χ1v) is 6.62. The van der Waals surface area contributed by atoms with E-state index in [1.165, 1.54) is 6.07 Å². The number of pyridine rings is 1. The second kappa shape index (κ2) is 6.01. The predicted molar refractivity (Wildman–Crippen MR) is 82.0 cm³/mol. The van der Waals surface area contributed by atoms with Gasteiger partial charge in [-0.1, -0.05) is 11.6 Å². The Bertz CT molecular complexity index is 702. The highest BCUT2D eigenvalue weighted by Gasteiger charge is 2.11. The summed E-state index contributed by atoms with van der Waals surface area (Å²) in [5.41, 5.74) is 2.24. The molecule has 0 fully saturated rings. The van der Waals surface area contributed by atoms with E-state index in [1.54, 1.807) is 26.2 Å². The van der Waals surface area contributed by atoms with E-state index in [1.807, 2.05) is 13.0 Å². The van der Waals surface area contributed by atoms with Gasteiger partial charge in [-0.3, -0.25) is 0 Å². The number of hydrogen-bond donors (Lipinski definition) is 2. The molecule has 0 saturated heterocycles. The van der Waals surface area contributed by atoms with Gasteiger partial charge in [0.1, 0.15) is 11.6 Å². The Morgan fingerprint density at radius 1 is 1.33 bits per heavy atom. The lowest BCUT2D eigenvalue weighted by Gasteiger charge is -2.13. The monoisotopic (exact) mass is 306 g/mol. The fraction of sp³-hybridized carbons (Fsp3) is 0.200. The molecule has 0 saturated carbocycles. The van der Waals surface area contributed by atoms with E-state index in [4.69, 9.17) is 21.4 Å². The van der Waals surface area contributed by atoms with Crippen molar-refractivity contribution >= 4 is 29.1 Å². The van der Waals surface area contributed by atoms with Crippen LogP contribution in [-0.2, 0) is 0 Å². The van der Waals surface area contributed by atoms with Crippen LogP contribution < -0.4 is 10.1 Å². The number of carbonyl (C=O) groups is 1. The third kappa shape index (κ3) is 3.25. The van der Waals surface area contributed by atoms with Gasteiger partial charge < -0.3 is 15.2 Å². The van der Waals surface area contributed by atoms with Gasteiger partial charge in [0, 0.05) is 11.1 Å². The molecule has 1 aromatic heterocycles. The number of halogens is 1. The molecule has 0 unspecified atom stereocenters. The molecule has 0 amide bonds. The van der Waals surface area contributed by atoms with Crippen LogP contribution in [0, 0.1) is 13.8 Å². The maximum Gasteiger partial charge on any atom is 0.337 e. The van der Waals surface area contributed by atoms with Gasteiger partial charge in [0.05, 0.1) is 24.1 Å². The third-order valence-corrected chi connectivity index (χ3v) is 3.47.